The second-order valence-corrected chi connectivity index (χ2v) is 5.18. The second-order valence-electron chi connectivity index (χ2n) is 5.18. The number of nitrogens with zero attached hydrogens (tertiary/aromatic N) is 2. The van der Waals surface area contributed by atoms with E-state index in [9.17, 15) is 22.4 Å². The third-order valence-electron chi connectivity index (χ3n) is 3.42. The third kappa shape index (κ3) is 3.52. The van der Waals surface area contributed by atoms with E-state index in [2.05, 4.69) is 20.3 Å². The molecule has 0 aliphatic heterocycles. The van der Waals surface area contributed by atoms with Crippen LogP contribution in [0, 0.1) is 5.82 Å². The Kier molecular flexibility index (Phi) is 4.03. The van der Waals surface area contributed by atoms with Crippen molar-refractivity contribution in [2.75, 3.05) is 5.32 Å². The summed E-state index contributed by atoms with van der Waals surface area (Å²) in [5.41, 5.74) is -0.235. The van der Waals surface area contributed by atoms with E-state index >= 15 is 0 Å². The smallest absolute Gasteiger partial charge is 0.419 e. The highest BCUT2D eigenvalue weighted by Gasteiger charge is 2.31. The molecule has 0 atom stereocenters. The molecule has 0 radical (unpaired) electrons. The van der Waals surface area contributed by atoms with Gasteiger partial charge < -0.3 is 15.4 Å². The number of carboxylic acids is 1. The van der Waals surface area contributed by atoms with Gasteiger partial charge in [-0.05, 0) is 17.7 Å². The van der Waals surface area contributed by atoms with E-state index in [1.54, 1.807) is 0 Å². The fourth-order valence-electron chi connectivity index (χ4n) is 2.25. The van der Waals surface area contributed by atoms with Crippen LogP contribution in [0.4, 0.5) is 29.2 Å². The van der Waals surface area contributed by atoms with Gasteiger partial charge in [0.2, 0.25) is 5.95 Å². The van der Waals surface area contributed by atoms with Crippen molar-refractivity contribution in [3.8, 4) is 0 Å². The molecule has 0 fully saturated rings. The summed E-state index contributed by atoms with van der Waals surface area (Å²) in [5, 5.41) is 12.0. The Labute approximate surface area is 137 Å². The maximum atomic E-state index is 13.8. The van der Waals surface area contributed by atoms with Crippen molar-refractivity contribution in [3.63, 3.8) is 0 Å². The summed E-state index contributed by atoms with van der Waals surface area (Å²) in [6, 6.07) is 2.49. The Morgan fingerprint density at radius 2 is 1.92 bits per heavy atom. The first kappa shape index (κ1) is 16.7. The molecule has 130 valence electrons. The first-order valence-corrected chi connectivity index (χ1v) is 6.91. The number of hydrogen-bond acceptors (Lipinski definition) is 4. The summed E-state index contributed by atoms with van der Waals surface area (Å²) in [7, 11) is 0. The Balaban J connectivity index is 1.92. The quantitative estimate of drug-likeness (QED) is 0.624. The van der Waals surface area contributed by atoms with Gasteiger partial charge in [-0.2, -0.15) is 13.2 Å². The van der Waals surface area contributed by atoms with Crippen LogP contribution < -0.4 is 5.32 Å². The molecule has 0 unspecified atom stereocenters. The standard InChI is InChI=1S/C15H10F4N4O2/c16-10-3-11-9(1-7(10)2-13(24)25)12(6-20-11)23-14-21-4-8(5-22-14)15(17,18)19/h1,3-6,20H,2H2,(H,24,25)(H,21,22,23). The summed E-state index contributed by atoms with van der Waals surface area (Å²) < 4.78 is 51.3. The predicted molar refractivity (Wildman–Crippen MR) is 79.9 cm³/mol. The molecule has 0 amide bonds. The maximum Gasteiger partial charge on any atom is 0.419 e. The molecule has 0 spiro atoms. The van der Waals surface area contributed by atoms with E-state index in [0.29, 0.717) is 29.0 Å². The summed E-state index contributed by atoms with van der Waals surface area (Å²) in [5.74, 6) is -1.94. The van der Waals surface area contributed by atoms with E-state index < -0.39 is 29.9 Å². The first-order valence-electron chi connectivity index (χ1n) is 6.91. The lowest BCUT2D eigenvalue weighted by atomic mass is 10.1. The number of fused-ring (bicyclic) bond motifs is 1. The lowest BCUT2D eigenvalue weighted by Crippen LogP contribution is -2.07. The van der Waals surface area contributed by atoms with Gasteiger partial charge in [-0.15, -0.1) is 0 Å². The molecule has 0 bridgehead atoms. The third-order valence-corrected chi connectivity index (χ3v) is 3.42. The average molecular weight is 354 g/mol. The molecule has 3 rings (SSSR count). The average Bonchev–Trinajstić information content (AvgIpc) is 2.89. The van der Waals surface area contributed by atoms with Gasteiger partial charge in [0.25, 0.3) is 0 Å². The second kappa shape index (κ2) is 6.04. The van der Waals surface area contributed by atoms with E-state index in [4.69, 9.17) is 5.11 Å². The predicted octanol–water partition coefficient (Wildman–Crippen LogP) is 3.49. The van der Waals surface area contributed by atoms with Gasteiger partial charge >= 0.3 is 12.1 Å². The number of hydrogen-bond donors (Lipinski definition) is 3. The number of H-pyrrole nitrogens is 1. The molecule has 0 saturated carbocycles. The van der Waals surface area contributed by atoms with Crippen LogP contribution >= 0.6 is 0 Å². The van der Waals surface area contributed by atoms with Crippen LogP contribution in [-0.4, -0.2) is 26.0 Å². The first-order chi connectivity index (χ1) is 11.7. The summed E-state index contributed by atoms with van der Waals surface area (Å²) >= 11 is 0. The van der Waals surface area contributed by atoms with Crippen molar-refractivity contribution < 1.29 is 27.5 Å². The molecule has 0 saturated heterocycles. The number of aliphatic carboxylic acids is 1. The highest BCUT2D eigenvalue weighted by molar-refractivity contribution is 5.94. The molecule has 2 aromatic heterocycles. The molecular formula is C15H10F4N4O2. The van der Waals surface area contributed by atoms with Crippen LogP contribution in [0.15, 0.2) is 30.7 Å². The molecule has 1 aromatic carbocycles. The van der Waals surface area contributed by atoms with Crippen molar-refractivity contribution in [2.24, 2.45) is 0 Å². The van der Waals surface area contributed by atoms with E-state index in [1.807, 2.05) is 0 Å². The maximum absolute atomic E-state index is 13.8. The number of rotatable bonds is 4. The molecule has 0 aliphatic carbocycles. The number of aromatic amines is 1. The zero-order chi connectivity index (χ0) is 18.2. The van der Waals surface area contributed by atoms with E-state index in [0.717, 1.165) is 6.07 Å². The summed E-state index contributed by atoms with van der Waals surface area (Å²) in [4.78, 5) is 20.7. The van der Waals surface area contributed by atoms with Gasteiger partial charge in [0.1, 0.15) is 5.82 Å². The number of nitrogens with one attached hydrogen (secondary N) is 2. The van der Waals surface area contributed by atoms with Crippen molar-refractivity contribution in [1.82, 2.24) is 15.0 Å². The number of carbonyl (C=O) groups is 1. The minimum absolute atomic E-state index is 0.0176. The SMILES string of the molecule is O=C(O)Cc1cc2c(Nc3ncc(C(F)(F)F)cn3)c[nH]c2cc1F. The van der Waals surface area contributed by atoms with Crippen LogP contribution in [0.3, 0.4) is 0 Å². The fourth-order valence-corrected chi connectivity index (χ4v) is 2.25. The van der Waals surface area contributed by atoms with Crippen LogP contribution in [0.2, 0.25) is 0 Å². The van der Waals surface area contributed by atoms with Gasteiger partial charge in [-0.3, -0.25) is 4.79 Å². The van der Waals surface area contributed by atoms with Crippen LogP contribution in [0.1, 0.15) is 11.1 Å². The van der Waals surface area contributed by atoms with E-state index in [-0.39, 0.29) is 11.5 Å². The number of alkyl halides is 3. The summed E-state index contributed by atoms with van der Waals surface area (Å²) in [6.45, 7) is 0. The zero-order valence-corrected chi connectivity index (χ0v) is 12.4. The fraction of sp³-hybridized carbons (Fsp3) is 0.133. The molecular weight excluding hydrogens is 344 g/mol. The lowest BCUT2D eigenvalue weighted by Gasteiger charge is -2.07. The van der Waals surface area contributed by atoms with Gasteiger partial charge in [0.05, 0.1) is 23.2 Å². The van der Waals surface area contributed by atoms with Crippen molar-refractivity contribution in [3.05, 3.63) is 47.7 Å². The number of anilines is 2. The molecule has 2 heterocycles. The number of benzene rings is 1. The van der Waals surface area contributed by atoms with Gasteiger partial charge in [-0.1, -0.05) is 0 Å². The van der Waals surface area contributed by atoms with Gasteiger partial charge in [0.15, 0.2) is 0 Å². The highest BCUT2D eigenvalue weighted by atomic mass is 19.4. The van der Waals surface area contributed by atoms with E-state index in [1.165, 1.54) is 12.3 Å². The minimum Gasteiger partial charge on any atom is -0.481 e. The summed E-state index contributed by atoms with van der Waals surface area (Å²) in [6.07, 6.45) is -2.30. The van der Waals surface area contributed by atoms with Gasteiger partial charge in [-0.25, -0.2) is 14.4 Å². The highest BCUT2D eigenvalue weighted by Crippen LogP contribution is 2.30. The molecule has 0 aliphatic rings. The monoisotopic (exact) mass is 354 g/mol. The molecule has 6 nitrogen and oxygen atoms in total. The Bertz CT molecular complexity index is 935. The molecule has 25 heavy (non-hydrogen) atoms. The van der Waals surface area contributed by atoms with Crippen LogP contribution in [-0.2, 0) is 17.4 Å². The topological polar surface area (TPSA) is 90.9 Å². The number of halogens is 4. The Morgan fingerprint density at radius 3 is 2.52 bits per heavy atom. The lowest BCUT2D eigenvalue weighted by molar-refractivity contribution is -0.138. The normalized spacial score (nSPS) is 11.7. The van der Waals surface area contributed by atoms with Gasteiger partial charge in [0, 0.05) is 24.0 Å². The number of aromatic nitrogens is 3. The molecule has 3 N–H and O–H groups in total. The Morgan fingerprint density at radius 1 is 1.24 bits per heavy atom. The molecule has 3 aromatic rings. The number of carboxylic acid groups (broad SMARTS) is 1. The van der Waals surface area contributed by atoms with Crippen molar-refractivity contribution in [2.45, 2.75) is 12.6 Å². The molecule has 10 heteroatoms. The van der Waals surface area contributed by atoms with Crippen LogP contribution in [0.5, 0.6) is 0 Å². The van der Waals surface area contributed by atoms with Crippen molar-refractivity contribution in [1.29, 1.82) is 0 Å². The van der Waals surface area contributed by atoms with Crippen LogP contribution in [0.25, 0.3) is 10.9 Å². The Hall–Kier alpha value is -3.17. The minimum atomic E-state index is -4.54. The van der Waals surface area contributed by atoms with Crippen molar-refractivity contribution >= 4 is 28.5 Å². The largest absolute Gasteiger partial charge is 0.481 e. The zero-order valence-electron chi connectivity index (χ0n) is 12.4.